The van der Waals surface area contributed by atoms with Crippen molar-refractivity contribution in [3.63, 3.8) is 0 Å². The fraction of sp³-hybridized carbons (Fsp3) is 0.938. The normalized spacial score (nSPS) is 12.5. The summed E-state index contributed by atoms with van der Waals surface area (Å²) in [6, 6.07) is 0. The largest absolute Gasteiger partial charge is 0.479 e. The minimum atomic E-state index is -1.66. The molecule has 0 aliphatic rings. The summed E-state index contributed by atoms with van der Waals surface area (Å²) in [7, 11) is 0. The Hall–Kier alpha value is -0.600. The molecule has 0 rings (SSSR count). The Morgan fingerprint density at radius 3 is 1.58 bits per heavy atom. The number of halogens is 1. The Bertz CT molecular complexity index is 207. The number of hydrogen-bond acceptors (Lipinski definition) is 1. The molecule has 1 N–H and O–H groups in total. The summed E-state index contributed by atoms with van der Waals surface area (Å²) in [5.74, 6) is -1.32. The zero-order chi connectivity index (χ0) is 14.3. The number of aliphatic carboxylic acids is 1. The zero-order valence-electron chi connectivity index (χ0n) is 12.5. The molecule has 0 saturated heterocycles. The van der Waals surface area contributed by atoms with Gasteiger partial charge in [0.05, 0.1) is 0 Å². The first kappa shape index (κ1) is 18.4. The number of carboxylic acid groups (broad SMARTS) is 1. The van der Waals surface area contributed by atoms with E-state index in [-0.39, 0.29) is 6.42 Å². The van der Waals surface area contributed by atoms with E-state index >= 15 is 0 Å². The van der Waals surface area contributed by atoms with E-state index in [1.165, 1.54) is 57.8 Å². The molecule has 0 aromatic rings. The topological polar surface area (TPSA) is 37.3 Å². The van der Waals surface area contributed by atoms with Crippen molar-refractivity contribution in [3.05, 3.63) is 0 Å². The number of carboxylic acids is 1. The fourth-order valence-electron chi connectivity index (χ4n) is 2.29. The van der Waals surface area contributed by atoms with Crippen LogP contribution in [0.15, 0.2) is 0 Å². The van der Waals surface area contributed by atoms with Crippen molar-refractivity contribution in [1.29, 1.82) is 0 Å². The van der Waals surface area contributed by atoms with Crippen LogP contribution in [0.25, 0.3) is 0 Å². The van der Waals surface area contributed by atoms with Crippen LogP contribution < -0.4 is 0 Å². The minimum absolute atomic E-state index is 0.173. The number of alkyl halides is 1. The van der Waals surface area contributed by atoms with Crippen LogP contribution in [0.3, 0.4) is 0 Å². The molecule has 1 atom stereocenters. The second-order valence-corrected chi connectivity index (χ2v) is 5.48. The summed E-state index contributed by atoms with van der Waals surface area (Å²) in [4.78, 5) is 10.3. The molecule has 0 heterocycles. The molecule has 2 nitrogen and oxygen atoms in total. The predicted molar refractivity (Wildman–Crippen MR) is 78.2 cm³/mol. The first-order valence-electron chi connectivity index (χ1n) is 8.05. The molecule has 114 valence electrons. The monoisotopic (exact) mass is 274 g/mol. The van der Waals surface area contributed by atoms with Crippen molar-refractivity contribution in [3.8, 4) is 0 Å². The lowest BCUT2D eigenvalue weighted by molar-refractivity contribution is -0.143. The van der Waals surface area contributed by atoms with E-state index in [2.05, 4.69) is 6.92 Å². The molecule has 19 heavy (non-hydrogen) atoms. The molecule has 0 aliphatic heterocycles. The van der Waals surface area contributed by atoms with Crippen molar-refractivity contribution in [2.24, 2.45) is 0 Å². The van der Waals surface area contributed by atoms with Crippen molar-refractivity contribution < 1.29 is 14.3 Å². The highest BCUT2D eigenvalue weighted by Gasteiger charge is 2.13. The highest BCUT2D eigenvalue weighted by atomic mass is 19.1. The Labute approximate surface area is 117 Å². The lowest BCUT2D eigenvalue weighted by atomic mass is 10.0. The molecule has 0 unspecified atom stereocenters. The van der Waals surface area contributed by atoms with Crippen LogP contribution in [0.1, 0.15) is 90.4 Å². The number of unbranched alkanes of at least 4 members (excludes halogenated alkanes) is 11. The summed E-state index contributed by atoms with van der Waals surface area (Å²) in [5, 5.41) is 8.38. The molecule has 0 radical (unpaired) electrons. The van der Waals surface area contributed by atoms with Gasteiger partial charge in [-0.05, 0) is 12.8 Å². The van der Waals surface area contributed by atoms with Crippen LogP contribution in [0, 0.1) is 0 Å². The quantitative estimate of drug-likeness (QED) is 0.425. The molecule has 0 aliphatic carbocycles. The summed E-state index contributed by atoms with van der Waals surface area (Å²) < 4.78 is 12.7. The number of hydrogen-bond donors (Lipinski definition) is 1. The van der Waals surface area contributed by atoms with E-state index in [0.717, 1.165) is 12.8 Å². The van der Waals surface area contributed by atoms with E-state index in [4.69, 9.17) is 5.11 Å². The van der Waals surface area contributed by atoms with E-state index in [1.54, 1.807) is 0 Å². The Balaban J connectivity index is 3.05. The van der Waals surface area contributed by atoms with Crippen molar-refractivity contribution in [2.45, 2.75) is 96.6 Å². The third-order valence-corrected chi connectivity index (χ3v) is 3.58. The highest BCUT2D eigenvalue weighted by Crippen LogP contribution is 2.13. The maximum Gasteiger partial charge on any atom is 0.338 e. The van der Waals surface area contributed by atoms with Gasteiger partial charge in [0.2, 0.25) is 0 Å². The zero-order valence-corrected chi connectivity index (χ0v) is 12.5. The first-order valence-corrected chi connectivity index (χ1v) is 8.05. The number of rotatable bonds is 14. The fourth-order valence-corrected chi connectivity index (χ4v) is 2.29. The molecule has 0 aromatic heterocycles. The van der Waals surface area contributed by atoms with Gasteiger partial charge in [-0.1, -0.05) is 77.6 Å². The second kappa shape index (κ2) is 13.8. The second-order valence-electron chi connectivity index (χ2n) is 5.48. The molecule has 0 spiro atoms. The highest BCUT2D eigenvalue weighted by molar-refractivity contribution is 5.71. The predicted octanol–water partition coefficient (Wildman–Crippen LogP) is 5.50. The van der Waals surface area contributed by atoms with Gasteiger partial charge in [0.15, 0.2) is 6.17 Å². The molecular formula is C16H31FO2. The van der Waals surface area contributed by atoms with Crippen molar-refractivity contribution >= 4 is 5.97 Å². The first-order chi connectivity index (χ1) is 9.18. The van der Waals surface area contributed by atoms with E-state index < -0.39 is 12.1 Å². The minimum Gasteiger partial charge on any atom is -0.479 e. The van der Waals surface area contributed by atoms with Crippen molar-refractivity contribution in [2.75, 3.05) is 0 Å². The standard InChI is InChI=1S/C16H31FO2/c1-2-3-4-5-6-7-8-9-10-11-12-13-14-15(17)16(18)19/h15H,2-14H2,1H3,(H,18,19)/t15-/m1/s1. The molecule has 3 heteroatoms. The van der Waals surface area contributed by atoms with E-state index in [1.807, 2.05) is 0 Å². The van der Waals surface area contributed by atoms with Gasteiger partial charge in [-0.3, -0.25) is 0 Å². The average Bonchev–Trinajstić information content (AvgIpc) is 2.39. The number of carbonyl (C=O) groups is 1. The molecule has 0 bridgehead atoms. The average molecular weight is 274 g/mol. The molecule has 0 fully saturated rings. The molecular weight excluding hydrogens is 243 g/mol. The third-order valence-electron chi connectivity index (χ3n) is 3.58. The molecule has 0 saturated carbocycles. The Morgan fingerprint density at radius 2 is 1.21 bits per heavy atom. The van der Waals surface area contributed by atoms with Crippen LogP contribution in [0.2, 0.25) is 0 Å². The third kappa shape index (κ3) is 13.6. The van der Waals surface area contributed by atoms with Gasteiger partial charge in [0.1, 0.15) is 0 Å². The SMILES string of the molecule is CCCCCCCCCCCCCC[C@@H](F)C(=O)O. The summed E-state index contributed by atoms with van der Waals surface area (Å²) in [6.45, 7) is 2.24. The van der Waals surface area contributed by atoms with E-state index in [0.29, 0.717) is 6.42 Å². The molecule has 0 amide bonds. The van der Waals surface area contributed by atoms with Crippen LogP contribution in [0.5, 0.6) is 0 Å². The van der Waals surface area contributed by atoms with Gasteiger partial charge in [0, 0.05) is 0 Å². The Kier molecular flexibility index (Phi) is 13.4. The summed E-state index contributed by atoms with van der Waals surface area (Å²) in [6.07, 6.45) is 13.2. The van der Waals surface area contributed by atoms with Crippen LogP contribution >= 0.6 is 0 Å². The van der Waals surface area contributed by atoms with Crippen molar-refractivity contribution in [1.82, 2.24) is 0 Å². The maximum absolute atomic E-state index is 12.7. The van der Waals surface area contributed by atoms with Gasteiger partial charge in [-0.2, -0.15) is 0 Å². The Morgan fingerprint density at radius 1 is 0.842 bits per heavy atom. The van der Waals surface area contributed by atoms with Gasteiger partial charge in [-0.25, -0.2) is 9.18 Å². The van der Waals surface area contributed by atoms with Crippen LogP contribution in [0.4, 0.5) is 4.39 Å². The summed E-state index contributed by atoms with van der Waals surface area (Å²) in [5.41, 5.74) is 0. The van der Waals surface area contributed by atoms with Gasteiger partial charge < -0.3 is 5.11 Å². The van der Waals surface area contributed by atoms with Gasteiger partial charge >= 0.3 is 5.97 Å². The van der Waals surface area contributed by atoms with Gasteiger partial charge in [-0.15, -0.1) is 0 Å². The van der Waals surface area contributed by atoms with Gasteiger partial charge in [0.25, 0.3) is 0 Å². The summed E-state index contributed by atoms with van der Waals surface area (Å²) >= 11 is 0. The lowest BCUT2D eigenvalue weighted by Gasteiger charge is -2.04. The van der Waals surface area contributed by atoms with Crippen LogP contribution in [-0.4, -0.2) is 17.2 Å². The smallest absolute Gasteiger partial charge is 0.338 e. The maximum atomic E-state index is 12.7. The lowest BCUT2D eigenvalue weighted by Crippen LogP contribution is -2.13. The van der Waals surface area contributed by atoms with E-state index in [9.17, 15) is 9.18 Å². The van der Waals surface area contributed by atoms with Crippen LogP contribution in [-0.2, 0) is 4.79 Å². The molecule has 0 aromatic carbocycles.